The second kappa shape index (κ2) is 7.50. The minimum Gasteiger partial charge on any atom is -0.379 e. The van der Waals surface area contributed by atoms with Crippen molar-refractivity contribution in [3.8, 4) is 0 Å². The summed E-state index contributed by atoms with van der Waals surface area (Å²) in [5.74, 6) is 0. The maximum atomic E-state index is 5.68. The molecule has 1 spiro atoms. The molecule has 1 aromatic rings. The molecular formula is C24H38N2O. The third-order valence-corrected chi connectivity index (χ3v) is 7.84. The van der Waals surface area contributed by atoms with Crippen LogP contribution in [0.4, 0.5) is 0 Å². The first-order valence-electron chi connectivity index (χ1n) is 11.1. The fourth-order valence-corrected chi connectivity index (χ4v) is 5.87. The molecule has 3 heteroatoms. The van der Waals surface area contributed by atoms with Gasteiger partial charge in [0.1, 0.15) is 0 Å². The fourth-order valence-electron chi connectivity index (χ4n) is 5.87. The van der Waals surface area contributed by atoms with Gasteiger partial charge in [-0.15, -0.1) is 0 Å². The van der Waals surface area contributed by atoms with E-state index < -0.39 is 0 Å². The smallest absolute Gasteiger partial charge is 0.0594 e. The first-order chi connectivity index (χ1) is 12.9. The van der Waals surface area contributed by atoms with Crippen molar-refractivity contribution < 1.29 is 4.74 Å². The Hall–Kier alpha value is -0.900. The van der Waals surface area contributed by atoms with Crippen LogP contribution in [0.1, 0.15) is 64.9 Å². The molecule has 1 saturated carbocycles. The summed E-state index contributed by atoms with van der Waals surface area (Å²) in [5, 5.41) is 0. The Morgan fingerprint density at radius 2 is 1.37 bits per heavy atom. The molecule has 4 rings (SSSR count). The summed E-state index contributed by atoms with van der Waals surface area (Å²) >= 11 is 0. The molecular weight excluding hydrogens is 332 g/mol. The van der Waals surface area contributed by atoms with Crippen molar-refractivity contribution in [1.29, 1.82) is 0 Å². The van der Waals surface area contributed by atoms with Gasteiger partial charge in [0.25, 0.3) is 0 Å². The Kier molecular flexibility index (Phi) is 5.39. The summed E-state index contributed by atoms with van der Waals surface area (Å²) in [5.41, 5.74) is 2.68. The molecule has 3 fully saturated rings. The van der Waals surface area contributed by atoms with E-state index >= 15 is 0 Å². The SMILES string of the molecule is CC(C)(C)N1CCC2(CC1)CCC(c1ccccc1)(N1CCOCC1)CC2. The van der Waals surface area contributed by atoms with Crippen molar-refractivity contribution in [3.05, 3.63) is 35.9 Å². The molecule has 2 saturated heterocycles. The maximum Gasteiger partial charge on any atom is 0.0594 e. The molecule has 3 nitrogen and oxygen atoms in total. The number of rotatable bonds is 2. The van der Waals surface area contributed by atoms with Crippen molar-refractivity contribution in [3.63, 3.8) is 0 Å². The molecule has 27 heavy (non-hydrogen) atoms. The molecule has 0 bridgehead atoms. The van der Waals surface area contributed by atoms with Crippen LogP contribution >= 0.6 is 0 Å². The van der Waals surface area contributed by atoms with Gasteiger partial charge in [0, 0.05) is 24.2 Å². The summed E-state index contributed by atoms with van der Waals surface area (Å²) in [6.07, 6.45) is 8.17. The summed E-state index contributed by atoms with van der Waals surface area (Å²) in [4.78, 5) is 5.45. The minimum atomic E-state index is 0.234. The summed E-state index contributed by atoms with van der Waals surface area (Å²) in [7, 11) is 0. The van der Waals surface area contributed by atoms with Gasteiger partial charge in [0.05, 0.1) is 13.2 Å². The molecule has 1 aromatic carbocycles. The van der Waals surface area contributed by atoms with Gasteiger partial charge in [-0.3, -0.25) is 9.80 Å². The maximum absolute atomic E-state index is 5.68. The third kappa shape index (κ3) is 3.83. The first-order valence-corrected chi connectivity index (χ1v) is 11.1. The minimum absolute atomic E-state index is 0.234. The quantitative estimate of drug-likeness (QED) is 0.752. The summed E-state index contributed by atoms with van der Waals surface area (Å²) in [6.45, 7) is 13.6. The van der Waals surface area contributed by atoms with Gasteiger partial charge in [-0.05, 0) is 83.4 Å². The van der Waals surface area contributed by atoms with E-state index in [9.17, 15) is 0 Å². The topological polar surface area (TPSA) is 15.7 Å². The van der Waals surface area contributed by atoms with Crippen molar-refractivity contribution in [1.82, 2.24) is 9.80 Å². The average molecular weight is 371 g/mol. The van der Waals surface area contributed by atoms with Crippen LogP contribution in [0.2, 0.25) is 0 Å². The highest BCUT2D eigenvalue weighted by Gasteiger charge is 2.48. The number of piperidine rings is 1. The van der Waals surface area contributed by atoms with Gasteiger partial charge in [0.2, 0.25) is 0 Å². The Bertz CT molecular complexity index is 597. The van der Waals surface area contributed by atoms with E-state index in [0.717, 1.165) is 26.3 Å². The predicted octanol–water partition coefficient (Wildman–Crippen LogP) is 4.67. The zero-order valence-corrected chi connectivity index (χ0v) is 17.7. The van der Waals surface area contributed by atoms with Crippen LogP contribution in [0.15, 0.2) is 30.3 Å². The lowest BCUT2D eigenvalue weighted by atomic mass is 9.61. The predicted molar refractivity (Wildman–Crippen MR) is 112 cm³/mol. The molecule has 0 aromatic heterocycles. The lowest BCUT2D eigenvalue weighted by Gasteiger charge is -2.55. The van der Waals surface area contributed by atoms with Gasteiger partial charge in [0.15, 0.2) is 0 Å². The van der Waals surface area contributed by atoms with E-state index in [2.05, 4.69) is 60.9 Å². The zero-order chi connectivity index (χ0) is 19.0. The standard InChI is InChI=1S/C24H38N2O/c1-22(2,3)25-15-13-23(14-16-25)9-11-24(12-10-23,21-7-5-4-6-8-21)26-17-19-27-20-18-26/h4-8H,9-20H2,1-3H3. The Morgan fingerprint density at radius 1 is 0.778 bits per heavy atom. The van der Waals surface area contributed by atoms with E-state index in [4.69, 9.17) is 4.74 Å². The highest BCUT2D eigenvalue weighted by molar-refractivity contribution is 5.26. The van der Waals surface area contributed by atoms with Crippen LogP contribution in [-0.2, 0) is 10.3 Å². The van der Waals surface area contributed by atoms with Crippen molar-refractivity contribution in [2.75, 3.05) is 39.4 Å². The van der Waals surface area contributed by atoms with Crippen LogP contribution in [0.3, 0.4) is 0 Å². The monoisotopic (exact) mass is 370 g/mol. The Morgan fingerprint density at radius 3 is 1.93 bits per heavy atom. The second-order valence-electron chi connectivity index (χ2n) is 10.2. The number of ether oxygens (including phenoxy) is 1. The number of likely N-dealkylation sites (tertiary alicyclic amines) is 1. The number of hydrogen-bond donors (Lipinski definition) is 0. The van der Waals surface area contributed by atoms with Crippen LogP contribution in [0.5, 0.6) is 0 Å². The molecule has 0 unspecified atom stereocenters. The zero-order valence-electron chi connectivity index (χ0n) is 17.7. The number of benzene rings is 1. The fraction of sp³-hybridized carbons (Fsp3) is 0.750. The van der Waals surface area contributed by atoms with Crippen molar-refractivity contribution in [2.45, 2.75) is 70.4 Å². The van der Waals surface area contributed by atoms with Crippen LogP contribution in [0, 0.1) is 5.41 Å². The molecule has 2 heterocycles. The number of morpholine rings is 1. The van der Waals surface area contributed by atoms with Crippen molar-refractivity contribution in [2.24, 2.45) is 5.41 Å². The lowest BCUT2D eigenvalue weighted by molar-refractivity contribution is -0.0709. The molecule has 150 valence electrons. The van der Waals surface area contributed by atoms with E-state index in [1.54, 1.807) is 0 Å². The van der Waals surface area contributed by atoms with Gasteiger partial charge in [-0.1, -0.05) is 30.3 Å². The third-order valence-electron chi connectivity index (χ3n) is 7.84. The molecule has 0 N–H and O–H groups in total. The highest BCUT2D eigenvalue weighted by Crippen LogP contribution is 2.53. The lowest BCUT2D eigenvalue weighted by Crippen LogP contribution is -2.56. The molecule has 2 aliphatic heterocycles. The van der Waals surface area contributed by atoms with Gasteiger partial charge >= 0.3 is 0 Å². The van der Waals surface area contributed by atoms with E-state index in [0.29, 0.717) is 11.0 Å². The highest BCUT2D eigenvalue weighted by atomic mass is 16.5. The van der Waals surface area contributed by atoms with E-state index in [1.165, 1.54) is 57.2 Å². The molecule has 0 atom stereocenters. The second-order valence-corrected chi connectivity index (χ2v) is 10.2. The molecule has 3 aliphatic rings. The Labute approximate surface area is 166 Å². The van der Waals surface area contributed by atoms with E-state index in [1.807, 2.05) is 0 Å². The summed E-state index contributed by atoms with van der Waals surface area (Å²) in [6, 6.07) is 11.3. The summed E-state index contributed by atoms with van der Waals surface area (Å²) < 4.78 is 5.68. The van der Waals surface area contributed by atoms with Gasteiger partial charge in [-0.25, -0.2) is 0 Å². The van der Waals surface area contributed by atoms with Crippen LogP contribution < -0.4 is 0 Å². The van der Waals surface area contributed by atoms with Gasteiger partial charge in [-0.2, -0.15) is 0 Å². The van der Waals surface area contributed by atoms with E-state index in [-0.39, 0.29) is 5.54 Å². The van der Waals surface area contributed by atoms with Crippen LogP contribution in [-0.4, -0.2) is 54.7 Å². The first kappa shape index (κ1) is 19.4. The normalized spacial score (nSPS) is 26.9. The van der Waals surface area contributed by atoms with Crippen molar-refractivity contribution >= 4 is 0 Å². The largest absolute Gasteiger partial charge is 0.379 e. The van der Waals surface area contributed by atoms with Crippen LogP contribution in [0.25, 0.3) is 0 Å². The van der Waals surface area contributed by atoms with Gasteiger partial charge < -0.3 is 4.74 Å². The Balaban J connectivity index is 1.50. The molecule has 0 amide bonds. The number of nitrogens with zero attached hydrogens (tertiary/aromatic N) is 2. The molecule has 0 radical (unpaired) electrons. The average Bonchev–Trinajstić information content (AvgIpc) is 2.70. The number of hydrogen-bond acceptors (Lipinski definition) is 3. The molecule has 1 aliphatic carbocycles.